The largest absolute Gasteiger partial charge is 0.383 e. The number of nitrogens with zero attached hydrogens (tertiary/aromatic N) is 1. The van der Waals surface area contributed by atoms with Gasteiger partial charge in [-0.1, -0.05) is 6.92 Å². The molecule has 0 heterocycles. The van der Waals surface area contributed by atoms with Crippen molar-refractivity contribution in [2.45, 2.75) is 13.3 Å². The number of carbonyl (C=O) groups excluding carboxylic acids is 2. The summed E-state index contributed by atoms with van der Waals surface area (Å²) in [6, 6.07) is 0. The molecular weight excluding hydrogens is 258 g/mol. The molecule has 108 valence electrons. The summed E-state index contributed by atoms with van der Waals surface area (Å²) >= 11 is 0. The van der Waals surface area contributed by atoms with E-state index in [4.69, 9.17) is 4.74 Å². The fourth-order valence-corrected chi connectivity index (χ4v) is 1.30. The minimum Gasteiger partial charge on any atom is -0.383 e. The van der Waals surface area contributed by atoms with Crippen molar-refractivity contribution >= 4 is 24.2 Å². The summed E-state index contributed by atoms with van der Waals surface area (Å²) in [6.07, 6.45) is 0.834. The van der Waals surface area contributed by atoms with Crippen LogP contribution in [0.2, 0.25) is 0 Å². The topological polar surface area (TPSA) is 70.7 Å². The first-order chi connectivity index (χ1) is 8.15. The van der Waals surface area contributed by atoms with Crippen LogP contribution in [-0.4, -0.2) is 63.7 Å². The lowest BCUT2D eigenvalue weighted by Gasteiger charge is -2.21. The van der Waals surface area contributed by atoms with Gasteiger partial charge in [0.2, 0.25) is 11.8 Å². The van der Waals surface area contributed by atoms with Crippen LogP contribution in [0.1, 0.15) is 13.3 Å². The highest BCUT2D eigenvalue weighted by atomic mass is 35.5. The Morgan fingerprint density at radius 1 is 1.33 bits per heavy atom. The molecule has 0 radical (unpaired) electrons. The number of amides is 2. The van der Waals surface area contributed by atoms with Crippen molar-refractivity contribution < 1.29 is 14.3 Å². The molecule has 7 heteroatoms. The summed E-state index contributed by atoms with van der Waals surface area (Å²) < 4.78 is 4.86. The molecule has 0 aliphatic rings. The Labute approximate surface area is 115 Å². The van der Waals surface area contributed by atoms with Gasteiger partial charge in [0.25, 0.3) is 0 Å². The minimum atomic E-state index is -0.149. The van der Waals surface area contributed by atoms with Crippen molar-refractivity contribution in [3.63, 3.8) is 0 Å². The van der Waals surface area contributed by atoms with Crippen molar-refractivity contribution in [1.82, 2.24) is 15.5 Å². The summed E-state index contributed by atoms with van der Waals surface area (Å²) in [5.74, 6) is -0.213. The van der Waals surface area contributed by atoms with Crippen LogP contribution in [0.15, 0.2) is 0 Å². The van der Waals surface area contributed by atoms with Crippen molar-refractivity contribution in [2.24, 2.45) is 0 Å². The Morgan fingerprint density at radius 2 is 2.00 bits per heavy atom. The van der Waals surface area contributed by atoms with Gasteiger partial charge in [0.1, 0.15) is 0 Å². The van der Waals surface area contributed by atoms with Crippen molar-refractivity contribution in [2.75, 3.05) is 46.9 Å². The second kappa shape index (κ2) is 12.6. The predicted octanol–water partition coefficient (Wildman–Crippen LogP) is -0.371. The zero-order chi connectivity index (χ0) is 13.1. The lowest BCUT2D eigenvalue weighted by atomic mass is 10.3. The highest BCUT2D eigenvalue weighted by Crippen LogP contribution is 1.92. The number of rotatable bonds is 9. The van der Waals surface area contributed by atoms with Gasteiger partial charge in [-0.15, -0.1) is 12.4 Å². The summed E-state index contributed by atoms with van der Waals surface area (Å²) in [7, 11) is 3.17. The Morgan fingerprint density at radius 3 is 2.50 bits per heavy atom. The molecule has 2 N–H and O–H groups in total. The van der Waals surface area contributed by atoms with E-state index in [-0.39, 0.29) is 37.3 Å². The molecule has 2 amide bonds. The number of methoxy groups -OCH3 is 1. The van der Waals surface area contributed by atoms with E-state index >= 15 is 0 Å². The molecule has 0 aliphatic carbocycles. The normalized spacial score (nSPS) is 9.50. The predicted molar refractivity (Wildman–Crippen MR) is 72.9 cm³/mol. The van der Waals surface area contributed by atoms with E-state index in [9.17, 15) is 9.59 Å². The van der Waals surface area contributed by atoms with Crippen LogP contribution in [0.25, 0.3) is 0 Å². The molecule has 0 saturated carbocycles. The molecule has 0 spiro atoms. The van der Waals surface area contributed by atoms with Gasteiger partial charge in [0.05, 0.1) is 19.7 Å². The summed E-state index contributed by atoms with van der Waals surface area (Å²) in [6.45, 7) is 4.12. The van der Waals surface area contributed by atoms with Crippen LogP contribution < -0.4 is 10.6 Å². The van der Waals surface area contributed by atoms with E-state index in [0.29, 0.717) is 19.7 Å². The Hall–Kier alpha value is -0.850. The quantitative estimate of drug-likeness (QED) is 0.566. The van der Waals surface area contributed by atoms with Crippen molar-refractivity contribution in [1.29, 1.82) is 0 Å². The molecule has 0 aromatic heterocycles. The second-order valence-electron chi connectivity index (χ2n) is 3.66. The third-order valence-corrected chi connectivity index (χ3v) is 2.22. The number of carbonyl (C=O) groups is 2. The van der Waals surface area contributed by atoms with Gasteiger partial charge in [-0.25, -0.2) is 0 Å². The maximum atomic E-state index is 11.8. The van der Waals surface area contributed by atoms with E-state index in [2.05, 4.69) is 10.6 Å². The van der Waals surface area contributed by atoms with Crippen molar-refractivity contribution in [3.05, 3.63) is 0 Å². The first kappa shape index (κ1) is 19.5. The zero-order valence-corrected chi connectivity index (χ0v) is 12.1. The van der Waals surface area contributed by atoms with Crippen LogP contribution in [0.4, 0.5) is 0 Å². The van der Waals surface area contributed by atoms with E-state index in [1.807, 2.05) is 6.92 Å². The van der Waals surface area contributed by atoms with Crippen LogP contribution in [0.5, 0.6) is 0 Å². The molecule has 0 aliphatic heterocycles. The maximum absolute atomic E-state index is 11.8. The molecule has 6 nitrogen and oxygen atoms in total. The lowest BCUT2D eigenvalue weighted by Crippen LogP contribution is -2.44. The average Bonchev–Trinajstić information content (AvgIpc) is 2.33. The molecule has 0 unspecified atom stereocenters. The van der Waals surface area contributed by atoms with Crippen LogP contribution in [-0.2, 0) is 14.3 Å². The summed E-state index contributed by atoms with van der Waals surface area (Å²) in [4.78, 5) is 24.6. The number of hydrogen-bond donors (Lipinski definition) is 2. The number of hydrogen-bond acceptors (Lipinski definition) is 4. The molecule has 0 aromatic rings. The fourth-order valence-electron chi connectivity index (χ4n) is 1.30. The monoisotopic (exact) mass is 281 g/mol. The van der Waals surface area contributed by atoms with Gasteiger partial charge in [-0.2, -0.15) is 0 Å². The molecule has 0 rings (SSSR count). The molecule has 0 bridgehead atoms. The maximum Gasteiger partial charge on any atom is 0.239 e. The van der Waals surface area contributed by atoms with Gasteiger partial charge in [0.15, 0.2) is 0 Å². The third-order valence-electron chi connectivity index (χ3n) is 2.22. The van der Waals surface area contributed by atoms with Crippen LogP contribution in [0.3, 0.4) is 0 Å². The minimum absolute atomic E-state index is 0. The number of likely N-dealkylation sites (N-methyl/N-ethyl adjacent to an activating group) is 1. The third kappa shape index (κ3) is 9.21. The fraction of sp³-hybridized carbons (Fsp3) is 0.818. The summed E-state index contributed by atoms with van der Waals surface area (Å²) in [5, 5.41) is 5.48. The van der Waals surface area contributed by atoms with Gasteiger partial charge in [-0.3, -0.25) is 9.59 Å². The molecule has 0 aromatic carbocycles. The van der Waals surface area contributed by atoms with Gasteiger partial charge >= 0.3 is 0 Å². The Kier molecular flexibility index (Phi) is 13.6. The van der Waals surface area contributed by atoms with Crippen LogP contribution >= 0.6 is 12.4 Å². The van der Waals surface area contributed by atoms with Gasteiger partial charge in [0, 0.05) is 27.2 Å². The van der Waals surface area contributed by atoms with Gasteiger partial charge < -0.3 is 20.3 Å². The first-order valence-corrected chi connectivity index (χ1v) is 5.83. The Bertz CT molecular complexity index is 240. The molecule has 18 heavy (non-hydrogen) atoms. The molecule has 0 atom stereocenters. The molecule has 0 fully saturated rings. The number of nitrogens with one attached hydrogen (secondary N) is 2. The zero-order valence-electron chi connectivity index (χ0n) is 11.3. The van der Waals surface area contributed by atoms with E-state index in [0.717, 1.165) is 6.42 Å². The highest BCUT2D eigenvalue weighted by molar-refractivity contribution is 5.85. The SMILES string of the molecule is CCCN(CC(=O)NC)C(=O)CNCCOC.Cl. The average molecular weight is 282 g/mol. The van der Waals surface area contributed by atoms with E-state index in [1.165, 1.54) is 0 Å². The van der Waals surface area contributed by atoms with E-state index in [1.54, 1.807) is 19.1 Å². The number of ether oxygens (including phenoxy) is 1. The lowest BCUT2D eigenvalue weighted by molar-refractivity contribution is -0.135. The van der Waals surface area contributed by atoms with Crippen molar-refractivity contribution in [3.8, 4) is 0 Å². The second-order valence-corrected chi connectivity index (χ2v) is 3.66. The van der Waals surface area contributed by atoms with E-state index < -0.39 is 0 Å². The van der Waals surface area contributed by atoms with Gasteiger partial charge in [-0.05, 0) is 6.42 Å². The first-order valence-electron chi connectivity index (χ1n) is 5.83. The smallest absolute Gasteiger partial charge is 0.239 e. The summed E-state index contributed by atoms with van der Waals surface area (Å²) in [5.41, 5.74) is 0. The standard InChI is InChI=1S/C11H23N3O3.ClH/c1-4-6-14(9-10(15)12-2)11(16)8-13-5-7-17-3;/h13H,4-9H2,1-3H3,(H,12,15);1H. The van der Waals surface area contributed by atoms with Crippen LogP contribution in [0, 0.1) is 0 Å². The highest BCUT2D eigenvalue weighted by Gasteiger charge is 2.14. The molecular formula is C11H24ClN3O3. The number of halogens is 1. The molecule has 0 saturated heterocycles. The Balaban J connectivity index is 0.